The molecule has 9 rings (SSSR count). The van der Waals surface area contributed by atoms with Crippen LogP contribution in [0.1, 0.15) is 98.6 Å². The molecule has 0 heterocycles. The van der Waals surface area contributed by atoms with Gasteiger partial charge in [-0.3, -0.25) is 0 Å². The summed E-state index contributed by atoms with van der Waals surface area (Å²) in [4.78, 5) is 0. The summed E-state index contributed by atoms with van der Waals surface area (Å²) in [5.74, 6) is 0. The summed E-state index contributed by atoms with van der Waals surface area (Å²) in [6.07, 6.45) is 21.8. The smallest absolute Gasteiger partial charge is 0.0172 e. The van der Waals surface area contributed by atoms with Crippen LogP contribution in [0.25, 0.3) is 88.9 Å². The quantitative estimate of drug-likeness (QED) is 0.0590. The first-order valence-corrected chi connectivity index (χ1v) is 21.8. The Morgan fingerprint density at radius 1 is 0.259 bits per heavy atom. The third-order valence-electron chi connectivity index (χ3n) is 12.2. The lowest BCUT2D eigenvalue weighted by molar-refractivity contribution is 0.667. The van der Waals surface area contributed by atoms with Crippen LogP contribution in [0.5, 0.6) is 0 Å². The number of hydrogen-bond donors (Lipinski definition) is 0. The first-order valence-electron chi connectivity index (χ1n) is 21.8. The second-order valence-electron chi connectivity index (χ2n) is 16.6. The van der Waals surface area contributed by atoms with Crippen LogP contribution in [0, 0.1) is 0 Å². The molecular weight excluding hydrogens is 697 g/mol. The Bertz CT molecular complexity index is 2770. The molecule has 0 nitrogen and oxygen atoms in total. The fourth-order valence-electron chi connectivity index (χ4n) is 8.79. The van der Waals surface area contributed by atoms with Crippen molar-refractivity contribution in [2.45, 2.75) is 78.1 Å². The molecule has 9 aromatic rings. The van der Waals surface area contributed by atoms with Crippen molar-refractivity contribution in [1.82, 2.24) is 0 Å². The van der Waals surface area contributed by atoms with E-state index in [4.69, 9.17) is 0 Å². The van der Waals surface area contributed by atoms with Crippen molar-refractivity contribution >= 4 is 88.9 Å². The molecule has 0 amide bonds. The van der Waals surface area contributed by atoms with Gasteiger partial charge in [0, 0.05) is 0 Å². The van der Waals surface area contributed by atoms with Crippen LogP contribution in [0.4, 0.5) is 0 Å². The molecular formula is C58H54. The molecule has 58 heavy (non-hydrogen) atoms. The third-order valence-corrected chi connectivity index (χ3v) is 12.2. The van der Waals surface area contributed by atoms with Gasteiger partial charge in [-0.05, 0) is 184 Å². The minimum absolute atomic E-state index is 1.17. The number of unbranched alkanes of at least 4 members (excludes halogenated alkanes) is 6. The summed E-state index contributed by atoms with van der Waals surface area (Å²) < 4.78 is 0. The van der Waals surface area contributed by atoms with Crippen LogP contribution >= 0.6 is 0 Å². The summed E-state index contributed by atoms with van der Waals surface area (Å²) >= 11 is 0. The van der Waals surface area contributed by atoms with Gasteiger partial charge >= 0.3 is 0 Å². The molecule has 0 heteroatoms. The highest BCUT2D eigenvalue weighted by Gasteiger charge is 2.05. The van der Waals surface area contributed by atoms with Gasteiger partial charge in [0.1, 0.15) is 0 Å². The summed E-state index contributed by atoms with van der Waals surface area (Å²) in [7, 11) is 0. The zero-order valence-electron chi connectivity index (χ0n) is 34.2. The molecule has 0 aliphatic heterocycles. The highest BCUT2D eigenvalue weighted by molar-refractivity contribution is 6.02. The Balaban J connectivity index is 0.884. The Kier molecular flexibility index (Phi) is 11.2. The number of fused-ring (bicyclic) bond motifs is 6. The molecule has 0 radical (unpaired) electrons. The minimum atomic E-state index is 1.17. The third kappa shape index (κ3) is 8.63. The SMILES string of the molecule is CCCCCCc1ccc2cc3cc(C=Cc4ccc5cc6cc(C=Cc7ccc8cc9cc(CCCCCC)ccc9cc8c7)ccc6cc5c4)ccc3cc2c1. The molecule has 0 bridgehead atoms. The van der Waals surface area contributed by atoms with Gasteiger partial charge in [0.25, 0.3) is 0 Å². The van der Waals surface area contributed by atoms with Crippen molar-refractivity contribution in [3.8, 4) is 0 Å². The zero-order valence-corrected chi connectivity index (χ0v) is 34.2. The van der Waals surface area contributed by atoms with E-state index in [1.807, 2.05) is 0 Å². The molecule has 0 N–H and O–H groups in total. The maximum Gasteiger partial charge on any atom is -0.0172 e. The van der Waals surface area contributed by atoms with Crippen molar-refractivity contribution in [2.75, 3.05) is 0 Å². The van der Waals surface area contributed by atoms with E-state index in [0.717, 1.165) is 0 Å². The molecule has 0 fully saturated rings. The predicted molar refractivity (Wildman–Crippen MR) is 258 cm³/mol. The molecule has 0 saturated heterocycles. The molecule has 0 saturated carbocycles. The van der Waals surface area contributed by atoms with Gasteiger partial charge in [0.15, 0.2) is 0 Å². The maximum absolute atomic E-state index is 2.39. The second-order valence-corrected chi connectivity index (χ2v) is 16.6. The van der Waals surface area contributed by atoms with Crippen LogP contribution in [-0.2, 0) is 12.8 Å². The first kappa shape index (κ1) is 37.6. The predicted octanol–water partition coefficient (Wildman–Crippen LogP) is 17.2. The summed E-state index contributed by atoms with van der Waals surface area (Å²) in [5, 5.41) is 15.5. The van der Waals surface area contributed by atoms with E-state index in [0.29, 0.717) is 0 Å². The van der Waals surface area contributed by atoms with Crippen LogP contribution < -0.4 is 0 Å². The minimum Gasteiger partial charge on any atom is -0.0654 e. The van der Waals surface area contributed by atoms with Gasteiger partial charge in [-0.1, -0.05) is 162 Å². The first-order chi connectivity index (χ1) is 28.6. The van der Waals surface area contributed by atoms with Crippen LogP contribution in [-0.4, -0.2) is 0 Å². The molecule has 0 aromatic heterocycles. The van der Waals surface area contributed by atoms with E-state index in [-0.39, 0.29) is 0 Å². The van der Waals surface area contributed by atoms with Gasteiger partial charge in [-0.25, -0.2) is 0 Å². The van der Waals surface area contributed by atoms with Gasteiger partial charge in [-0.15, -0.1) is 0 Å². The largest absolute Gasteiger partial charge is 0.0654 e. The van der Waals surface area contributed by atoms with Crippen molar-refractivity contribution in [3.05, 3.63) is 179 Å². The van der Waals surface area contributed by atoms with Crippen molar-refractivity contribution in [2.24, 2.45) is 0 Å². The molecule has 0 aliphatic rings. The number of benzene rings is 9. The molecule has 286 valence electrons. The van der Waals surface area contributed by atoms with E-state index in [1.54, 1.807) is 0 Å². The lowest BCUT2D eigenvalue weighted by Crippen LogP contribution is -1.87. The molecule has 9 aromatic carbocycles. The Morgan fingerprint density at radius 3 is 0.828 bits per heavy atom. The van der Waals surface area contributed by atoms with Crippen molar-refractivity contribution < 1.29 is 0 Å². The van der Waals surface area contributed by atoms with Gasteiger partial charge < -0.3 is 0 Å². The van der Waals surface area contributed by atoms with E-state index >= 15 is 0 Å². The summed E-state index contributed by atoms with van der Waals surface area (Å²) in [5.41, 5.74) is 7.77. The van der Waals surface area contributed by atoms with Crippen molar-refractivity contribution in [3.63, 3.8) is 0 Å². The Hall–Kier alpha value is -5.98. The molecule has 0 aliphatic carbocycles. The maximum atomic E-state index is 2.39. The molecule has 0 spiro atoms. The fourth-order valence-corrected chi connectivity index (χ4v) is 8.79. The summed E-state index contributed by atoms with van der Waals surface area (Å²) in [6.45, 7) is 4.55. The standard InChI is InChI=1S/C58H54/c1-3-5-7-9-11-41-17-23-47-37-55-31-43(19-25-49(55)35-53(47)29-41)13-15-45-21-27-51-40-58-34-46(22-28-52(58)39-57(51)33-45)16-14-44-20-26-50-36-54-30-42(12-10-8-6-4-2)18-24-48(54)38-56(50)32-44/h13-40H,3-12H2,1-2H3. The average Bonchev–Trinajstić information content (AvgIpc) is 3.25. The lowest BCUT2D eigenvalue weighted by atomic mass is 9.97. The van der Waals surface area contributed by atoms with Crippen molar-refractivity contribution in [1.29, 1.82) is 0 Å². The Labute approximate surface area is 344 Å². The van der Waals surface area contributed by atoms with E-state index in [2.05, 4.69) is 184 Å². The number of rotatable bonds is 14. The molecule has 0 atom stereocenters. The van der Waals surface area contributed by atoms with Gasteiger partial charge in [0.05, 0.1) is 0 Å². The fraction of sp³-hybridized carbons (Fsp3) is 0.207. The monoisotopic (exact) mass is 750 g/mol. The topological polar surface area (TPSA) is 0 Å². The second kappa shape index (κ2) is 17.3. The van der Waals surface area contributed by atoms with E-state index < -0.39 is 0 Å². The lowest BCUT2D eigenvalue weighted by Gasteiger charge is -2.07. The normalized spacial score (nSPS) is 12.2. The van der Waals surface area contributed by atoms with Gasteiger partial charge in [0.2, 0.25) is 0 Å². The highest BCUT2D eigenvalue weighted by Crippen LogP contribution is 2.30. The molecule has 0 unspecified atom stereocenters. The van der Waals surface area contributed by atoms with Crippen LogP contribution in [0.3, 0.4) is 0 Å². The Morgan fingerprint density at radius 2 is 0.534 bits per heavy atom. The number of hydrogen-bond acceptors (Lipinski definition) is 0. The van der Waals surface area contributed by atoms with E-state index in [1.165, 1.54) is 162 Å². The summed E-state index contributed by atoms with van der Waals surface area (Å²) in [6, 6.07) is 55.4. The average molecular weight is 751 g/mol. The number of aryl methyl sites for hydroxylation is 2. The van der Waals surface area contributed by atoms with Gasteiger partial charge in [-0.2, -0.15) is 0 Å². The zero-order chi connectivity index (χ0) is 39.3. The van der Waals surface area contributed by atoms with E-state index in [9.17, 15) is 0 Å². The highest BCUT2D eigenvalue weighted by atomic mass is 14.1. The van der Waals surface area contributed by atoms with Crippen LogP contribution in [0.2, 0.25) is 0 Å². The van der Waals surface area contributed by atoms with Crippen LogP contribution in [0.15, 0.2) is 146 Å².